The molecule has 0 spiro atoms. The Morgan fingerprint density at radius 3 is 2.64 bits per heavy atom. The van der Waals surface area contributed by atoms with Crippen molar-refractivity contribution in [3.63, 3.8) is 0 Å². The van der Waals surface area contributed by atoms with Crippen molar-refractivity contribution in [2.75, 3.05) is 6.54 Å². The third kappa shape index (κ3) is 2.15. The summed E-state index contributed by atoms with van der Waals surface area (Å²) in [6.45, 7) is 5.35. The highest BCUT2D eigenvalue weighted by Gasteiger charge is 2.25. The van der Waals surface area contributed by atoms with E-state index in [1.807, 2.05) is 12.1 Å². The van der Waals surface area contributed by atoms with E-state index in [1.165, 1.54) is 38.9 Å². The standard InChI is InChI=1S/C19H19ClN2/c1-11-9-12(2)17-16(10-11)15-7-8-21-18(19(15)22-17)13-3-5-14(20)6-4-13/h3-6,9-10,18,21-22H,7-8H2,1-2H3. The summed E-state index contributed by atoms with van der Waals surface area (Å²) in [6, 6.07) is 12.9. The second kappa shape index (κ2) is 5.15. The summed E-state index contributed by atoms with van der Waals surface area (Å²) in [4.78, 5) is 3.68. The van der Waals surface area contributed by atoms with Crippen LogP contribution in [0.5, 0.6) is 0 Å². The molecule has 1 unspecified atom stereocenters. The average molecular weight is 311 g/mol. The Hall–Kier alpha value is -1.77. The second-order valence-electron chi connectivity index (χ2n) is 6.21. The first-order valence-corrected chi connectivity index (χ1v) is 8.12. The maximum absolute atomic E-state index is 6.03. The lowest BCUT2D eigenvalue weighted by Gasteiger charge is -2.24. The number of aryl methyl sites for hydroxylation is 2. The van der Waals surface area contributed by atoms with E-state index in [1.54, 1.807) is 0 Å². The van der Waals surface area contributed by atoms with Crippen LogP contribution in [0.15, 0.2) is 36.4 Å². The van der Waals surface area contributed by atoms with Gasteiger partial charge in [0.1, 0.15) is 0 Å². The molecule has 2 N–H and O–H groups in total. The Morgan fingerprint density at radius 1 is 1.09 bits per heavy atom. The van der Waals surface area contributed by atoms with Crippen molar-refractivity contribution in [1.29, 1.82) is 0 Å². The number of nitrogens with one attached hydrogen (secondary N) is 2. The molecular weight excluding hydrogens is 292 g/mol. The Morgan fingerprint density at radius 2 is 1.86 bits per heavy atom. The molecule has 4 rings (SSSR count). The predicted octanol–water partition coefficient (Wildman–Crippen LogP) is 4.67. The fourth-order valence-corrected chi connectivity index (χ4v) is 3.75. The number of aromatic nitrogens is 1. The molecule has 0 radical (unpaired) electrons. The largest absolute Gasteiger partial charge is 0.356 e. The van der Waals surface area contributed by atoms with Crippen LogP contribution in [-0.4, -0.2) is 11.5 Å². The lowest BCUT2D eigenvalue weighted by molar-refractivity contribution is 0.560. The molecule has 3 aromatic rings. The summed E-state index contributed by atoms with van der Waals surface area (Å²) in [5.74, 6) is 0. The Balaban J connectivity index is 1.91. The van der Waals surface area contributed by atoms with Gasteiger partial charge in [0.15, 0.2) is 0 Å². The zero-order chi connectivity index (χ0) is 15.3. The van der Waals surface area contributed by atoms with Crippen LogP contribution >= 0.6 is 11.6 Å². The van der Waals surface area contributed by atoms with E-state index in [0.29, 0.717) is 0 Å². The predicted molar refractivity (Wildman–Crippen MR) is 92.8 cm³/mol. The van der Waals surface area contributed by atoms with Crippen molar-refractivity contribution in [2.45, 2.75) is 26.3 Å². The van der Waals surface area contributed by atoms with Crippen LogP contribution in [0, 0.1) is 13.8 Å². The van der Waals surface area contributed by atoms with Crippen molar-refractivity contribution in [3.05, 3.63) is 69.4 Å². The summed E-state index contributed by atoms with van der Waals surface area (Å²) < 4.78 is 0. The zero-order valence-electron chi connectivity index (χ0n) is 12.8. The Labute approximate surface area is 135 Å². The van der Waals surface area contributed by atoms with E-state index in [-0.39, 0.29) is 6.04 Å². The Kier molecular flexibility index (Phi) is 3.24. The molecule has 0 aliphatic carbocycles. The fourth-order valence-electron chi connectivity index (χ4n) is 3.63. The van der Waals surface area contributed by atoms with E-state index >= 15 is 0 Å². The van der Waals surface area contributed by atoms with Crippen LogP contribution in [0.4, 0.5) is 0 Å². The van der Waals surface area contributed by atoms with Crippen LogP contribution in [0.1, 0.15) is 34.0 Å². The first-order chi connectivity index (χ1) is 10.6. The fraction of sp³-hybridized carbons (Fsp3) is 0.263. The minimum Gasteiger partial charge on any atom is -0.356 e. The molecule has 1 aromatic heterocycles. The molecule has 0 saturated carbocycles. The number of fused-ring (bicyclic) bond motifs is 3. The molecule has 2 heterocycles. The van der Waals surface area contributed by atoms with Gasteiger partial charge in [-0.2, -0.15) is 0 Å². The van der Waals surface area contributed by atoms with E-state index in [2.05, 4.69) is 48.4 Å². The number of benzene rings is 2. The van der Waals surface area contributed by atoms with Gasteiger partial charge in [0.25, 0.3) is 0 Å². The van der Waals surface area contributed by atoms with Crippen LogP contribution in [-0.2, 0) is 6.42 Å². The smallest absolute Gasteiger partial charge is 0.0732 e. The number of aromatic amines is 1. The number of hydrogen-bond donors (Lipinski definition) is 2. The molecule has 0 amide bonds. The lowest BCUT2D eigenvalue weighted by Crippen LogP contribution is -2.30. The van der Waals surface area contributed by atoms with Crippen LogP contribution in [0.25, 0.3) is 10.9 Å². The summed E-state index contributed by atoms with van der Waals surface area (Å²) in [5, 5.41) is 5.79. The third-order valence-electron chi connectivity index (χ3n) is 4.61. The molecule has 2 nitrogen and oxygen atoms in total. The van der Waals surface area contributed by atoms with Gasteiger partial charge in [0.2, 0.25) is 0 Å². The maximum Gasteiger partial charge on any atom is 0.0732 e. The van der Waals surface area contributed by atoms with Gasteiger partial charge >= 0.3 is 0 Å². The highest BCUT2D eigenvalue weighted by Crippen LogP contribution is 2.35. The molecule has 3 heteroatoms. The summed E-state index contributed by atoms with van der Waals surface area (Å²) in [6.07, 6.45) is 1.07. The normalized spacial score (nSPS) is 17.7. The molecule has 1 aliphatic rings. The zero-order valence-corrected chi connectivity index (χ0v) is 13.6. The van der Waals surface area contributed by atoms with Gasteiger partial charge in [-0.3, -0.25) is 0 Å². The monoisotopic (exact) mass is 310 g/mol. The number of rotatable bonds is 1. The van der Waals surface area contributed by atoms with Gasteiger partial charge in [-0.1, -0.05) is 35.4 Å². The lowest BCUT2D eigenvalue weighted by atomic mass is 9.94. The molecule has 2 aromatic carbocycles. The first kappa shape index (κ1) is 13.9. The molecule has 112 valence electrons. The van der Waals surface area contributed by atoms with Crippen LogP contribution in [0.3, 0.4) is 0 Å². The molecule has 0 saturated heterocycles. The van der Waals surface area contributed by atoms with Crippen molar-refractivity contribution in [3.8, 4) is 0 Å². The SMILES string of the molecule is Cc1cc(C)c2[nH]c3c(c2c1)CCNC3c1ccc(Cl)cc1. The summed E-state index contributed by atoms with van der Waals surface area (Å²) >= 11 is 6.03. The van der Waals surface area contributed by atoms with Gasteiger partial charge in [0, 0.05) is 28.2 Å². The van der Waals surface area contributed by atoms with Crippen molar-refractivity contribution in [2.24, 2.45) is 0 Å². The van der Waals surface area contributed by atoms with Crippen molar-refractivity contribution in [1.82, 2.24) is 10.3 Å². The number of hydrogen-bond acceptors (Lipinski definition) is 1. The van der Waals surface area contributed by atoms with Crippen LogP contribution < -0.4 is 5.32 Å². The van der Waals surface area contributed by atoms with Gasteiger partial charge in [-0.25, -0.2) is 0 Å². The van der Waals surface area contributed by atoms with Crippen molar-refractivity contribution >= 4 is 22.5 Å². The molecule has 22 heavy (non-hydrogen) atoms. The van der Waals surface area contributed by atoms with E-state index in [4.69, 9.17) is 11.6 Å². The first-order valence-electron chi connectivity index (χ1n) is 7.74. The molecule has 0 fully saturated rings. The number of halogens is 1. The van der Waals surface area contributed by atoms with E-state index in [9.17, 15) is 0 Å². The maximum atomic E-state index is 6.03. The number of H-pyrrole nitrogens is 1. The topological polar surface area (TPSA) is 27.8 Å². The second-order valence-corrected chi connectivity index (χ2v) is 6.65. The van der Waals surface area contributed by atoms with Crippen LogP contribution in [0.2, 0.25) is 5.02 Å². The molecule has 0 bridgehead atoms. The van der Waals surface area contributed by atoms with E-state index in [0.717, 1.165) is 18.0 Å². The molecule has 1 aliphatic heterocycles. The van der Waals surface area contributed by atoms with Gasteiger partial charge in [-0.15, -0.1) is 0 Å². The minimum atomic E-state index is 0.216. The van der Waals surface area contributed by atoms with Crippen molar-refractivity contribution < 1.29 is 0 Å². The molecular formula is C19H19ClN2. The molecule has 1 atom stereocenters. The summed E-state index contributed by atoms with van der Waals surface area (Å²) in [5.41, 5.74) is 7.94. The minimum absolute atomic E-state index is 0.216. The average Bonchev–Trinajstić information content (AvgIpc) is 2.87. The highest BCUT2D eigenvalue weighted by atomic mass is 35.5. The third-order valence-corrected chi connectivity index (χ3v) is 4.86. The van der Waals surface area contributed by atoms with Gasteiger partial charge in [0.05, 0.1) is 6.04 Å². The van der Waals surface area contributed by atoms with Gasteiger partial charge in [-0.05, 0) is 55.2 Å². The van der Waals surface area contributed by atoms with Gasteiger partial charge < -0.3 is 10.3 Å². The summed E-state index contributed by atoms with van der Waals surface area (Å²) in [7, 11) is 0. The van der Waals surface area contributed by atoms with E-state index < -0.39 is 0 Å². The Bertz CT molecular complexity index is 846. The quantitative estimate of drug-likeness (QED) is 0.671. The highest BCUT2D eigenvalue weighted by molar-refractivity contribution is 6.30.